The molecule has 0 aliphatic carbocycles. The van der Waals surface area contributed by atoms with E-state index in [1.807, 2.05) is 17.5 Å². The number of rotatable bonds is 6. The molecule has 6 nitrogen and oxygen atoms in total. The largest absolute Gasteiger partial charge is 0.347 e. The third-order valence-corrected chi connectivity index (χ3v) is 3.89. The Morgan fingerprint density at radius 3 is 2.90 bits per heavy atom. The zero-order chi connectivity index (χ0) is 14.5. The summed E-state index contributed by atoms with van der Waals surface area (Å²) in [6.07, 6.45) is 1.69. The Balaban J connectivity index is 1.98. The summed E-state index contributed by atoms with van der Waals surface area (Å²) < 4.78 is 1.50. The van der Waals surface area contributed by atoms with Gasteiger partial charge in [-0.05, 0) is 17.4 Å². The van der Waals surface area contributed by atoms with Crippen molar-refractivity contribution < 1.29 is 4.79 Å². The number of aromatic nitrogens is 3. The molecule has 0 aliphatic rings. The highest BCUT2D eigenvalue weighted by molar-refractivity contribution is 7.10. The Morgan fingerprint density at radius 1 is 1.55 bits per heavy atom. The van der Waals surface area contributed by atoms with Gasteiger partial charge in [-0.1, -0.05) is 25.1 Å². The molecule has 0 saturated carbocycles. The maximum absolute atomic E-state index is 12.1. The molecule has 0 bridgehead atoms. The van der Waals surface area contributed by atoms with Crippen LogP contribution in [-0.2, 0) is 17.9 Å². The molecule has 1 amide bonds. The van der Waals surface area contributed by atoms with Crippen molar-refractivity contribution in [1.29, 1.82) is 0 Å². The molecule has 0 aliphatic heterocycles. The van der Waals surface area contributed by atoms with Crippen LogP contribution in [0.15, 0.2) is 23.7 Å². The Kier molecular flexibility index (Phi) is 4.86. The SMILES string of the molecule is CC(C)C(NC(=O)Cn1cc(CN)nn1)c1cccs1. The Hall–Kier alpha value is -1.73. The first-order valence-electron chi connectivity index (χ1n) is 6.52. The van der Waals surface area contributed by atoms with Crippen LogP contribution in [0.4, 0.5) is 0 Å². The number of nitrogens with one attached hydrogen (secondary N) is 1. The lowest BCUT2D eigenvalue weighted by molar-refractivity contribution is -0.122. The number of carbonyl (C=O) groups is 1. The molecular formula is C13H19N5OS. The predicted octanol–water partition coefficient (Wildman–Crippen LogP) is 1.31. The van der Waals surface area contributed by atoms with Crippen molar-refractivity contribution in [3.8, 4) is 0 Å². The molecule has 0 aromatic carbocycles. The first-order valence-corrected chi connectivity index (χ1v) is 7.40. The molecule has 3 N–H and O–H groups in total. The summed E-state index contributed by atoms with van der Waals surface area (Å²) in [6, 6.07) is 4.06. The van der Waals surface area contributed by atoms with E-state index in [9.17, 15) is 4.79 Å². The molecule has 2 rings (SSSR count). The van der Waals surface area contributed by atoms with E-state index in [2.05, 4.69) is 29.5 Å². The Bertz CT molecular complexity index is 549. The lowest BCUT2D eigenvalue weighted by atomic mass is 10.0. The van der Waals surface area contributed by atoms with Gasteiger partial charge in [0.15, 0.2) is 0 Å². The molecule has 2 aromatic rings. The van der Waals surface area contributed by atoms with Gasteiger partial charge in [0.2, 0.25) is 5.91 Å². The van der Waals surface area contributed by atoms with Crippen LogP contribution in [0.1, 0.15) is 30.5 Å². The van der Waals surface area contributed by atoms with Crippen LogP contribution in [0.5, 0.6) is 0 Å². The second-order valence-corrected chi connectivity index (χ2v) is 5.90. The molecule has 2 aromatic heterocycles. The van der Waals surface area contributed by atoms with Gasteiger partial charge in [0, 0.05) is 11.4 Å². The average molecular weight is 293 g/mol. The molecule has 0 saturated heterocycles. The molecule has 108 valence electrons. The number of carbonyl (C=O) groups excluding carboxylic acids is 1. The van der Waals surface area contributed by atoms with Crippen molar-refractivity contribution in [2.45, 2.75) is 33.0 Å². The Morgan fingerprint density at radius 2 is 2.35 bits per heavy atom. The van der Waals surface area contributed by atoms with E-state index in [0.717, 1.165) is 4.88 Å². The second-order valence-electron chi connectivity index (χ2n) is 4.92. The second kappa shape index (κ2) is 6.62. The smallest absolute Gasteiger partial charge is 0.242 e. The monoisotopic (exact) mass is 293 g/mol. The fourth-order valence-electron chi connectivity index (χ4n) is 1.91. The van der Waals surface area contributed by atoms with Crippen molar-refractivity contribution in [3.05, 3.63) is 34.3 Å². The molecule has 0 spiro atoms. The van der Waals surface area contributed by atoms with Gasteiger partial charge in [-0.15, -0.1) is 16.4 Å². The van der Waals surface area contributed by atoms with Crippen LogP contribution in [0.25, 0.3) is 0 Å². The normalized spacial score (nSPS) is 12.6. The first-order chi connectivity index (χ1) is 9.60. The highest BCUT2D eigenvalue weighted by atomic mass is 32.1. The number of thiophene rings is 1. The third-order valence-electron chi connectivity index (χ3n) is 2.93. The number of nitrogens with two attached hydrogens (primary N) is 1. The standard InChI is InChI=1S/C13H19N5OS/c1-9(2)13(11-4-3-5-20-11)15-12(19)8-18-7-10(6-14)16-17-18/h3-5,7,9,13H,6,8,14H2,1-2H3,(H,15,19). The minimum atomic E-state index is -0.0782. The molecule has 1 unspecified atom stereocenters. The summed E-state index contributed by atoms with van der Waals surface area (Å²) in [7, 11) is 0. The van der Waals surface area contributed by atoms with E-state index in [4.69, 9.17) is 5.73 Å². The van der Waals surface area contributed by atoms with E-state index in [1.54, 1.807) is 17.5 Å². The maximum atomic E-state index is 12.1. The average Bonchev–Trinajstić information content (AvgIpc) is 3.06. The number of hydrogen-bond donors (Lipinski definition) is 2. The molecule has 7 heteroatoms. The topological polar surface area (TPSA) is 85.8 Å². The third kappa shape index (κ3) is 3.64. The lowest BCUT2D eigenvalue weighted by Gasteiger charge is -2.21. The number of hydrogen-bond acceptors (Lipinski definition) is 5. The summed E-state index contributed by atoms with van der Waals surface area (Å²) in [6.45, 7) is 4.66. The Labute approximate surface area is 122 Å². The predicted molar refractivity (Wildman–Crippen MR) is 78.0 cm³/mol. The zero-order valence-electron chi connectivity index (χ0n) is 11.6. The summed E-state index contributed by atoms with van der Waals surface area (Å²) >= 11 is 1.65. The van der Waals surface area contributed by atoms with E-state index in [0.29, 0.717) is 18.2 Å². The minimum absolute atomic E-state index is 0.0278. The first kappa shape index (κ1) is 14.7. The van der Waals surface area contributed by atoms with Crippen LogP contribution in [0.3, 0.4) is 0 Å². The van der Waals surface area contributed by atoms with Crippen LogP contribution in [0.2, 0.25) is 0 Å². The van der Waals surface area contributed by atoms with Crippen molar-refractivity contribution in [2.75, 3.05) is 0 Å². The summed E-state index contributed by atoms with van der Waals surface area (Å²) in [5.41, 5.74) is 6.14. The van der Waals surface area contributed by atoms with Gasteiger partial charge in [-0.2, -0.15) is 0 Å². The van der Waals surface area contributed by atoms with E-state index in [-0.39, 0.29) is 18.5 Å². The van der Waals surface area contributed by atoms with Gasteiger partial charge in [0.05, 0.1) is 17.9 Å². The van der Waals surface area contributed by atoms with Crippen molar-refractivity contribution >= 4 is 17.2 Å². The van der Waals surface area contributed by atoms with Crippen molar-refractivity contribution in [1.82, 2.24) is 20.3 Å². The van der Waals surface area contributed by atoms with Crippen LogP contribution >= 0.6 is 11.3 Å². The van der Waals surface area contributed by atoms with E-state index in [1.165, 1.54) is 4.68 Å². The van der Waals surface area contributed by atoms with Crippen LogP contribution < -0.4 is 11.1 Å². The minimum Gasteiger partial charge on any atom is -0.347 e. The van der Waals surface area contributed by atoms with Gasteiger partial charge in [-0.3, -0.25) is 4.79 Å². The quantitative estimate of drug-likeness (QED) is 0.841. The molecule has 20 heavy (non-hydrogen) atoms. The highest BCUT2D eigenvalue weighted by Gasteiger charge is 2.19. The van der Waals surface area contributed by atoms with E-state index >= 15 is 0 Å². The molecule has 1 atom stereocenters. The zero-order valence-corrected chi connectivity index (χ0v) is 12.4. The van der Waals surface area contributed by atoms with Crippen molar-refractivity contribution in [3.63, 3.8) is 0 Å². The fraction of sp³-hybridized carbons (Fsp3) is 0.462. The number of amides is 1. The van der Waals surface area contributed by atoms with Gasteiger partial charge in [0.1, 0.15) is 6.54 Å². The van der Waals surface area contributed by atoms with Crippen molar-refractivity contribution in [2.24, 2.45) is 11.7 Å². The summed E-state index contributed by atoms with van der Waals surface area (Å²) in [5.74, 6) is 0.249. The van der Waals surface area contributed by atoms with E-state index < -0.39 is 0 Å². The summed E-state index contributed by atoms with van der Waals surface area (Å²) in [5, 5.41) is 12.8. The van der Waals surface area contributed by atoms with Gasteiger partial charge < -0.3 is 11.1 Å². The number of nitrogens with zero attached hydrogens (tertiary/aromatic N) is 3. The van der Waals surface area contributed by atoms with Gasteiger partial charge >= 0.3 is 0 Å². The summed E-state index contributed by atoms with van der Waals surface area (Å²) in [4.78, 5) is 13.3. The molecule has 2 heterocycles. The molecule has 0 radical (unpaired) electrons. The maximum Gasteiger partial charge on any atom is 0.242 e. The fourth-order valence-corrected chi connectivity index (χ4v) is 2.86. The molecule has 0 fully saturated rings. The lowest BCUT2D eigenvalue weighted by Crippen LogP contribution is -2.33. The highest BCUT2D eigenvalue weighted by Crippen LogP contribution is 2.25. The van der Waals surface area contributed by atoms with Crippen LogP contribution in [0, 0.1) is 5.92 Å². The molecular weight excluding hydrogens is 274 g/mol. The van der Waals surface area contributed by atoms with Gasteiger partial charge in [0.25, 0.3) is 0 Å². The van der Waals surface area contributed by atoms with Crippen LogP contribution in [-0.4, -0.2) is 20.9 Å². The van der Waals surface area contributed by atoms with Gasteiger partial charge in [-0.25, -0.2) is 4.68 Å².